The van der Waals surface area contributed by atoms with Gasteiger partial charge < -0.3 is 9.47 Å². The van der Waals surface area contributed by atoms with Gasteiger partial charge in [-0.15, -0.1) is 0 Å². The normalized spacial score (nSPS) is 10.5. The van der Waals surface area contributed by atoms with Gasteiger partial charge in [0.1, 0.15) is 5.69 Å². The fourth-order valence-electron chi connectivity index (χ4n) is 2.20. The summed E-state index contributed by atoms with van der Waals surface area (Å²) in [5, 5.41) is 36.8. The van der Waals surface area contributed by atoms with E-state index in [1.807, 2.05) is 0 Å². The van der Waals surface area contributed by atoms with Crippen molar-refractivity contribution >= 4 is 29.0 Å². The summed E-state index contributed by atoms with van der Waals surface area (Å²) in [6, 6.07) is 5.40. The van der Waals surface area contributed by atoms with Gasteiger partial charge in [-0.3, -0.25) is 35.8 Å². The molecule has 0 bridgehead atoms. The van der Waals surface area contributed by atoms with Crippen LogP contribution in [0.2, 0.25) is 0 Å². The monoisotopic (exact) mass is 391 g/mol. The van der Waals surface area contributed by atoms with Crippen LogP contribution in [0.15, 0.2) is 35.4 Å². The van der Waals surface area contributed by atoms with Crippen LogP contribution in [0.5, 0.6) is 11.5 Å². The summed E-state index contributed by atoms with van der Waals surface area (Å²) < 4.78 is 10.1. The van der Waals surface area contributed by atoms with Crippen LogP contribution in [0.4, 0.5) is 22.7 Å². The van der Waals surface area contributed by atoms with Gasteiger partial charge in [-0.2, -0.15) is 5.10 Å². The number of ether oxygens (including phenoxy) is 2. The molecule has 0 heterocycles. The van der Waals surface area contributed by atoms with E-state index >= 15 is 0 Å². The number of nitro benzene ring substituents is 3. The van der Waals surface area contributed by atoms with E-state index in [4.69, 9.17) is 9.47 Å². The molecule has 2 aromatic carbocycles. The Balaban J connectivity index is 2.38. The summed E-state index contributed by atoms with van der Waals surface area (Å²) in [4.78, 5) is 30.8. The molecule has 0 unspecified atom stereocenters. The Bertz CT molecular complexity index is 975. The minimum Gasteiger partial charge on any atom is -0.493 e. The van der Waals surface area contributed by atoms with Gasteiger partial charge in [0.05, 0.1) is 52.9 Å². The number of hydrazone groups is 1. The SMILES string of the molecule is COc1cc(C=NNc2ccc([N+](=O)[O-])cc2[N+](=O)[O-])c([N+](=O)[O-])cc1OC. The molecular weight excluding hydrogens is 378 g/mol. The highest BCUT2D eigenvalue weighted by Gasteiger charge is 2.20. The summed E-state index contributed by atoms with van der Waals surface area (Å²) in [6.45, 7) is 0. The summed E-state index contributed by atoms with van der Waals surface area (Å²) in [5.74, 6) is 0.362. The first-order valence-corrected chi connectivity index (χ1v) is 7.40. The minimum absolute atomic E-state index is 0.0414. The Morgan fingerprint density at radius 3 is 2.04 bits per heavy atom. The van der Waals surface area contributed by atoms with Crippen molar-refractivity contribution in [3.05, 3.63) is 66.2 Å². The maximum Gasteiger partial charge on any atom is 0.301 e. The number of nitrogens with one attached hydrogen (secondary N) is 1. The molecule has 0 aliphatic carbocycles. The van der Waals surface area contributed by atoms with Crippen LogP contribution in [0.3, 0.4) is 0 Å². The van der Waals surface area contributed by atoms with Crippen LogP contribution >= 0.6 is 0 Å². The first kappa shape index (κ1) is 20.0. The quantitative estimate of drug-likeness (QED) is 0.403. The van der Waals surface area contributed by atoms with Crippen LogP contribution in [0.1, 0.15) is 5.56 Å². The third kappa shape index (κ3) is 4.27. The number of non-ortho nitro benzene ring substituents is 1. The average Bonchev–Trinajstić information content (AvgIpc) is 2.67. The third-order valence-electron chi connectivity index (χ3n) is 3.51. The molecule has 0 aliphatic rings. The molecule has 0 aliphatic heterocycles. The predicted molar refractivity (Wildman–Crippen MR) is 97.2 cm³/mol. The summed E-state index contributed by atoms with van der Waals surface area (Å²) >= 11 is 0. The lowest BCUT2D eigenvalue weighted by Crippen LogP contribution is -2.01. The van der Waals surface area contributed by atoms with Crippen LogP contribution in [-0.4, -0.2) is 35.2 Å². The van der Waals surface area contributed by atoms with E-state index in [1.165, 1.54) is 20.3 Å². The van der Waals surface area contributed by atoms with Gasteiger partial charge in [0.15, 0.2) is 11.5 Å². The molecular formula is C15H13N5O8. The molecule has 13 heteroatoms. The molecule has 0 saturated heterocycles. The molecule has 0 spiro atoms. The maximum atomic E-state index is 11.2. The number of hydrogen-bond acceptors (Lipinski definition) is 10. The zero-order valence-electron chi connectivity index (χ0n) is 14.5. The van der Waals surface area contributed by atoms with Crippen molar-refractivity contribution in [3.63, 3.8) is 0 Å². The Morgan fingerprint density at radius 2 is 1.50 bits per heavy atom. The van der Waals surface area contributed by atoms with Gasteiger partial charge in [-0.25, -0.2) is 0 Å². The van der Waals surface area contributed by atoms with Crippen molar-refractivity contribution in [3.8, 4) is 11.5 Å². The number of rotatable bonds is 8. The zero-order chi connectivity index (χ0) is 20.8. The molecule has 0 aromatic heterocycles. The summed E-state index contributed by atoms with van der Waals surface area (Å²) in [6.07, 6.45) is 1.06. The van der Waals surface area contributed by atoms with Crippen LogP contribution in [0, 0.1) is 30.3 Å². The Morgan fingerprint density at radius 1 is 0.893 bits per heavy atom. The van der Waals surface area contributed by atoms with Crippen LogP contribution in [-0.2, 0) is 0 Å². The second kappa shape index (κ2) is 8.39. The van der Waals surface area contributed by atoms with Gasteiger partial charge in [0.25, 0.3) is 11.4 Å². The van der Waals surface area contributed by atoms with E-state index in [0.29, 0.717) is 0 Å². The number of benzene rings is 2. The molecule has 0 atom stereocenters. The molecule has 13 nitrogen and oxygen atoms in total. The second-order valence-electron chi connectivity index (χ2n) is 5.11. The topological polar surface area (TPSA) is 172 Å². The highest BCUT2D eigenvalue weighted by molar-refractivity contribution is 5.87. The van der Waals surface area contributed by atoms with Crippen LogP contribution < -0.4 is 14.9 Å². The lowest BCUT2D eigenvalue weighted by atomic mass is 10.1. The highest BCUT2D eigenvalue weighted by atomic mass is 16.6. The number of methoxy groups -OCH3 is 2. The van der Waals surface area contributed by atoms with Gasteiger partial charge >= 0.3 is 5.69 Å². The largest absolute Gasteiger partial charge is 0.493 e. The summed E-state index contributed by atoms with van der Waals surface area (Å²) in [5.41, 5.74) is 0.895. The maximum absolute atomic E-state index is 11.2. The molecule has 0 radical (unpaired) electrons. The zero-order valence-corrected chi connectivity index (χ0v) is 14.5. The standard InChI is InChI=1S/C15H13N5O8/c1-27-14-5-9(12(19(23)24)7-15(14)28-2)8-16-17-11-4-3-10(18(21)22)6-13(11)20(25)26/h3-8,17H,1-2H3. The molecule has 2 rings (SSSR count). The van der Waals surface area contributed by atoms with Crippen molar-refractivity contribution < 1.29 is 24.2 Å². The first-order valence-electron chi connectivity index (χ1n) is 7.40. The number of hydrogen-bond donors (Lipinski definition) is 1. The van der Waals surface area contributed by atoms with Gasteiger partial charge in [-0.05, 0) is 12.1 Å². The summed E-state index contributed by atoms with van der Waals surface area (Å²) in [7, 11) is 2.67. The number of anilines is 1. The molecule has 1 N–H and O–H groups in total. The van der Waals surface area contributed by atoms with Crippen molar-refractivity contribution in [1.29, 1.82) is 0 Å². The van der Waals surface area contributed by atoms with E-state index in [1.54, 1.807) is 0 Å². The fraction of sp³-hybridized carbons (Fsp3) is 0.133. The molecule has 146 valence electrons. The number of nitrogens with zero attached hydrogens (tertiary/aromatic N) is 4. The second-order valence-corrected chi connectivity index (χ2v) is 5.11. The Hall–Kier alpha value is -4.29. The van der Waals surface area contributed by atoms with E-state index in [0.717, 1.165) is 30.5 Å². The van der Waals surface area contributed by atoms with Crippen molar-refractivity contribution in [1.82, 2.24) is 0 Å². The molecule has 0 fully saturated rings. The lowest BCUT2D eigenvalue weighted by molar-refractivity contribution is -0.393. The highest BCUT2D eigenvalue weighted by Crippen LogP contribution is 2.34. The predicted octanol–water partition coefficient (Wildman–Crippen LogP) is 2.87. The van der Waals surface area contributed by atoms with E-state index < -0.39 is 26.1 Å². The van der Waals surface area contributed by atoms with Crippen molar-refractivity contribution in [2.24, 2.45) is 5.10 Å². The molecule has 2 aromatic rings. The van der Waals surface area contributed by atoms with Gasteiger partial charge in [-0.1, -0.05) is 0 Å². The molecule has 0 amide bonds. The van der Waals surface area contributed by atoms with Crippen molar-refractivity contribution in [2.45, 2.75) is 0 Å². The van der Waals surface area contributed by atoms with Gasteiger partial charge in [0.2, 0.25) is 0 Å². The Kier molecular flexibility index (Phi) is 6.00. The fourth-order valence-corrected chi connectivity index (χ4v) is 2.20. The lowest BCUT2D eigenvalue weighted by Gasteiger charge is -2.08. The third-order valence-corrected chi connectivity index (χ3v) is 3.51. The number of nitro groups is 3. The van der Waals surface area contributed by atoms with Gasteiger partial charge in [0, 0.05) is 6.07 Å². The van der Waals surface area contributed by atoms with Crippen LogP contribution in [0.25, 0.3) is 0 Å². The smallest absolute Gasteiger partial charge is 0.301 e. The average molecular weight is 391 g/mol. The van der Waals surface area contributed by atoms with E-state index in [-0.39, 0.29) is 28.4 Å². The first-order chi connectivity index (χ1) is 13.3. The molecule has 28 heavy (non-hydrogen) atoms. The Labute approximate surface area is 156 Å². The molecule has 0 saturated carbocycles. The minimum atomic E-state index is -0.816. The van der Waals surface area contributed by atoms with E-state index in [2.05, 4.69) is 10.5 Å². The van der Waals surface area contributed by atoms with Crippen molar-refractivity contribution in [2.75, 3.05) is 19.6 Å². The van der Waals surface area contributed by atoms with E-state index in [9.17, 15) is 30.3 Å².